The van der Waals surface area contributed by atoms with Crippen LogP contribution < -0.4 is 10.6 Å². The fourth-order valence-electron chi connectivity index (χ4n) is 1.52. The average Bonchev–Trinajstić information content (AvgIpc) is 2.10. The molecule has 1 fully saturated rings. The number of carbonyl (C=O) groups excluding carboxylic acids is 1. The lowest BCUT2D eigenvalue weighted by Crippen LogP contribution is -2.49. The number of hydrogen-bond acceptors (Lipinski definition) is 4. The number of aldehydes is 1. The van der Waals surface area contributed by atoms with Gasteiger partial charge in [0.2, 0.25) is 0 Å². The number of nitrogens with zero attached hydrogens (tertiary/aromatic N) is 2. The van der Waals surface area contributed by atoms with Crippen LogP contribution in [0.5, 0.6) is 0 Å². The smallest absolute Gasteiger partial charge is 0.147 e. The highest BCUT2D eigenvalue weighted by Crippen LogP contribution is 2.31. The molecule has 14 heavy (non-hydrogen) atoms. The van der Waals surface area contributed by atoms with Crippen LogP contribution in [0.2, 0.25) is 0 Å². The number of rotatable bonds is 2. The maximum Gasteiger partial charge on any atom is 0.147 e. The van der Waals surface area contributed by atoms with E-state index in [0.29, 0.717) is 5.82 Å². The molecule has 1 aromatic rings. The second kappa shape index (κ2) is 3.57. The molecule has 2 heterocycles. The van der Waals surface area contributed by atoms with Gasteiger partial charge in [-0.2, -0.15) is 0 Å². The Morgan fingerprint density at radius 3 is 3.07 bits per heavy atom. The predicted octanol–water partition coefficient (Wildman–Crippen LogP) is 1.20. The summed E-state index contributed by atoms with van der Waals surface area (Å²) in [6.07, 6.45) is 3.49. The summed E-state index contributed by atoms with van der Waals surface area (Å²) in [5.41, 5.74) is 6.56. The van der Waals surface area contributed by atoms with Crippen LogP contribution in [-0.2, 0) is 4.79 Å². The van der Waals surface area contributed by atoms with Gasteiger partial charge in [0.15, 0.2) is 0 Å². The average molecular weight is 256 g/mol. The SMILES string of the molecule is Nc1ncc(Br)cc1N1CCC1C=O. The van der Waals surface area contributed by atoms with Gasteiger partial charge in [0.25, 0.3) is 0 Å². The second-order valence-corrected chi connectivity index (χ2v) is 4.16. The standard InChI is InChI=1S/C9H10BrN3O/c10-6-3-8(9(11)12-4-6)13-2-1-7(13)5-14/h3-5,7H,1-2H2,(H2,11,12). The molecule has 1 aliphatic rings. The summed E-state index contributed by atoms with van der Waals surface area (Å²) in [5.74, 6) is 0.472. The lowest BCUT2D eigenvalue weighted by atomic mass is 10.0. The zero-order valence-electron chi connectivity index (χ0n) is 7.48. The molecule has 0 amide bonds. The van der Waals surface area contributed by atoms with Crippen molar-refractivity contribution < 1.29 is 4.79 Å². The van der Waals surface area contributed by atoms with Gasteiger partial charge in [0.05, 0.1) is 11.7 Å². The van der Waals surface area contributed by atoms with Gasteiger partial charge in [-0.25, -0.2) is 4.98 Å². The summed E-state index contributed by atoms with van der Waals surface area (Å²) < 4.78 is 0.873. The molecule has 0 aromatic carbocycles. The van der Waals surface area contributed by atoms with Crippen LogP contribution >= 0.6 is 15.9 Å². The van der Waals surface area contributed by atoms with E-state index in [4.69, 9.17) is 5.73 Å². The lowest BCUT2D eigenvalue weighted by molar-refractivity contribution is -0.109. The molecule has 2 N–H and O–H groups in total. The van der Waals surface area contributed by atoms with E-state index in [2.05, 4.69) is 20.9 Å². The Balaban J connectivity index is 2.31. The van der Waals surface area contributed by atoms with Gasteiger partial charge in [0, 0.05) is 17.2 Å². The van der Waals surface area contributed by atoms with Gasteiger partial charge in [-0.05, 0) is 28.4 Å². The molecule has 1 atom stereocenters. The Labute approximate surface area is 90.2 Å². The minimum absolute atomic E-state index is 0.0339. The van der Waals surface area contributed by atoms with Gasteiger partial charge in [-0.15, -0.1) is 0 Å². The van der Waals surface area contributed by atoms with Crippen LogP contribution in [0.3, 0.4) is 0 Å². The monoisotopic (exact) mass is 255 g/mol. The van der Waals surface area contributed by atoms with Crippen molar-refractivity contribution in [3.05, 3.63) is 16.7 Å². The largest absolute Gasteiger partial charge is 0.382 e. The van der Waals surface area contributed by atoms with Crippen molar-refractivity contribution in [2.24, 2.45) is 0 Å². The first-order valence-corrected chi connectivity index (χ1v) is 5.14. The van der Waals surface area contributed by atoms with Crippen molar-refractivity contribution in [1.29, 1.82) is 0 Å². The minimum atomic E-state index is -0.0339. The van der Waals surface area contributed by atoms with Gasteiger partial charge in [-0.1, -0.05) is 0 Å². The van der Waals surface area contributed by atoms with Gasteiger partial charge in [0.1, 0.15) is 12.1 Å². The van der Waals surface area contributed by atoms with Gasteiger partial charge >= 0.3 is 0 Å². The van der Waals surface area contributed by atoms with Crippen LogP contribution in [-0.4, -0.2) is 23.9 Å². The molecule has 1 unspecified atom stereocenters. The first-order valence-electron chi connectivity index (χ1n) is 4.35. The number of nitrogens with two attached hydrogens (primary N) is 1. The highest BCUT2D eigenvalue weighted by molar-refractivity contribution is 9.10. The number of aromatic nitrogens is 1. The van der Waals surface area contributed by atoms with Crippen molar-refractivity contribution in [1.82, 2.24) is 4.98 Å². The highest BCUT2D eigenvalue weighted by Gasteiger charge is 2.29. The zero-order valence-corrected chi connectivity index (χ0v) is 9.07. The second-order valence-electron chi connectivity index (χ2n) is 3.24. The normalized spacial score (nSPS) is 20.4. The van der Waals surface area contributed by atoms with E-state index in [9.17, 15) is 4.79 Å². The van der Waals surface area contributed by atoms with Crippen molar-refractivity contribution >= 4 is 33.7 Å². The number of hydrogen-bond donors (Lipinski definition) is 1. The highest BCUT2D eigenvalue weighted by atomic mass is 79.9. The van der Waals surface area contributed by atoms with E-state index < -0.39 is 0 Å². The first-order chi connectivity index (χ1) is 6.72. The molecular formula is C9H10BrN3O. The molecule has 0 aliphatic carbocycles. The van der Waals surface area contributed by atoms with Crippen LogP contribution in [0.4, 0.5) is 11.5 Å². The molecule has 2 rings (SSSR count). The number of nitrogen functional groups attached to an aromatic ring is 1. The molecule has 0 saturated carbocycles. The summed E-state index contributed by atoms with van der Waals surface area (Å²) in [7, 11) is 0. The lowest BCUT2D eigenvalue weighted by Gasteiger charge is -2.39. The molecule has 0 radical (unpaired) electrons. The summed E-state index contributed by atoms with van der Waals surface area (Å²) in [6.45, 7) is 0.867. The zero-order chi connectivity index (χ0) is 10.1. The van der Waals surface area contributed by atoms with E-state index in [1.165, 1.54) is 0 Å². The number of carbonyl (C=O) groups is 1. The minimum Gasteiger partial charge on any atom is -0.382 e. The Morgan fingerprint density at radius 2 is 2.50 bits per heavy atom. The fraction of sp³-hybridized carbons (Fsp3) is 0.333. The summed E-state index contributed by atoms with van der Waals surface area (Å²) in [4.78, 5) is 16.6. The Kier molecular flexibility index (Phi) is 2.41. The molecular weight excluding hydrogens is 246 g/mol. The Morgan fingerprint density at radius 1 is 1.71 bits per heavy atom. The van der Waals surface area contributed by atoms with Crippen LogP contribution in [0, 0.1) is 0 Å². The molecule has 74 valence electrons. The third kappa shape index (κ3) is 1.48. The Hall–Kier alpha value is -1.10. The van der Waals surface area contributed by atoms with E-state index >= 15 is 0 Å². The third-order valence-corrected chi connectivity index (χ3v) is 2.83. The Bertz CT molecular complexity index is 369. The van der Waals surface area contributed by atoms with E-state index in [0.717, 1.165) is 29.4 Å². The summed E-state index contributed by atoms with van der Waals surface area (Å²) in [6, 6.07) is 1.85. The van der Waals surface area contributed by atoms with Gasteiger partial charge < -0.3 is 15.4 Å². The molecule has 0 bridgehead atoms. The van der Waals surface area contributed by atoms with Crippen LogP contribution in [0.1, 0.15) is 6.42 Å². The van der Waals surface area contributed by atoms with Crippen LogP contribution in [0.15, 0.2) is 16.7 Å². The topological polar surface area (TPSA) is 59.2 Å². The fourth-order valence-corrected chi connectivity index (χ4v) is 1.84. The molecule has 1 saturated heterocycles. The molecule has 0 spiro atoms. The first kappa shape index (κ1) is 9.45. The molecule has 5 heteroatoms. The maximum absolute atomic E-state index is 10.7. The number of anilines is 2. The summed E-state index contributed by atoms with van der Waals surface area (Å²) >= 11 is 3.33. The summed E-state index contributed by atoms with van der Waals surface area (Å²) in [5, 5.41) is 0. The van der Waals surface area contributed by atoms with Gasteiger partial charge in [-0.3, -0.25) is 0 Å². The van der Waals surface area contributed by atoms with Crippen LogP contribution in [0.25, 0.3) is 0 Å². The van der Waals surface area contributed by atoms with Crippen molar-refractivity contribution in [2.75, 3.05) is 17.2 Å². The number of halogens is 1. The predicted molar refractivity (Wildman–Crippen MR) is 58.2 cm³/mol. The maximum atomic E-state index is 10.7. The van der Waals surface area contributed by atoms with E-state index in [1.54, 1.807) is 6.20 Å². The third-order valence-electron chi connectivity index (χ3n) is 2.40. The quantitative estimate of drug-likeness (QED) is 0.808. The van der Waals surface area contributed by atoms with Crippen molar-refractivity contribution in [3.8, 4) is 0 Å². The number of pyridine rings is 1. The van der Waals surface area contributed by atoms with E-state index in [1.807, 2.05) is 11.0 Å². The molecule has 1 aromatic heterocycles. The van der Waals surface area contributed by atoms with Crippen molar-refractivity contribution in [3.63, 3.8) is 0 Å². The molecule has 1 aliphatic heterocycles. The van der Waals surface area contributed by atoms with Crippen molar-refractivity contribution in [2.45, 2.75) is 12.5 Å². The van der Waals surface area contributed by atoms with E-state index in [-0.39, 0.29) is 6.04 Å². The molecule has 4 nitrogen and oxygen atoms in total.